The molecule has 1 amide bonds. The molecule has 1 aromatic heterocycles. The van der Waals surface area contributed by atoms with Crippen molar-refractivity contribution < 1.29 is 17.9 Å². The standard InChI is InChI=1S/C19H23N3O4S/c1-26-17-10-9-14(19(23)21-15-6-3-2-4-7-15)12-18(17)27(24,25)22-16-8-5-11-20-13-16/h5,8-13,15,22H,2-4,6-7H2,1H3,(H,21,23). The zero-order valence-corrected chi connectivity index (χ0v) is 16.0. The third-order valence-electron chi connectivity index (χ3n) is 4.57. The van der Waals surface area contributed by atoms with Gasteiger partial charge in [-0.3, -0.25) is 14.5 Å². The summed E-state index contributed by atoms with van der Waals surface area (Å²) in [5.74, 6) is -0.108. The van der Waals surface area contributed by atoms with Gasteiger partial charge in [0.2, 0.25) is 0 Å². The third-order valence-corrected chi connectivity index (χ3v) is 5.97. The van der Waals surface area contributed by atoms with Gasteiger partial charge in [0.1, 0.15) is 10.6 Å². The van der Waals surface area contributed by atoms with Crippen molar-refractivity contribution in [3.05, 3.63) is 48.3 Å². The van der Waals surface area contributed by atoms with Crippen molar-refractivity contribution in [2.45, 2.75) is 43.0 Å². The number of pyridine rings is 1. The number of methoxy groups -OCH3 is 1. The molecule has 0 bridgehead atoms. The first-order chi connectivity index (χ1) is 13.0. The van der Waals surface area contributed by atoms with Crippen molar-refractivity contribution >= 4 is 21.6 Å². The van der Waals surface area contributed by atoms with E-state index in [0.29, 0.717) is 5.69 Å². The molecule has 1 aliphatic rings. The third kappa shape index (κ3) is 4.77. The summed E-state index contributed by atoms with van der Waals surface area (Å²) in [5, 5.41) is 3.00. The van der Waals surface area contributed by atoms with Crippen molar-refractivity contribution in [3.63, 3.8) is 0 Å². The number of ether oxygens (including phenoxy) is 1. The summed E-state index contributed by atoms with van der Waals surface area (Å²) in [5.41, 5.74) is 0.615. The Hall–Kier alpha value is -2.61. The molecule has 144 valence electrons. The number of benzene rings is 1. The molecule has 2 N–H and O–H groups in total. The molecule has 0 saturated heterocycles. The average molecular weight is 389 g/mol. The highest BCUT2D eigenvalue weighted by Gasteiger charge is 2.23. The van der Waals surface area contributed by atoms with E-state index in [2.05, 4.69) is 15.0 Å². The first-order valence-electron chi connectivity index (χ1n) is 8.91. The lowest BCUT2D eigenvalue weighted by atomic mass is 9.95. The molecule has 1 aromatic carbocycles. The van der Waals surface area contributed by atoms with Crippen LogP contribution < -0.4 is 14.8 Å². The number of nitrogens with one attached hydrogen (secondary N) is 2. The van der Waals surface area contributed by atoms with E-state index in [4.69, 9.17) is 4.74 Å². The van der Waals surface area contributed by atoms with E-state index in [9.17, 15) is 13.2 Å². The lowest BCUT2D eigenvalue weighted by Gasteiger charge is -2.23. The number of nitrogens with zero attached hydrogens (tertiary/aromatic N) is 1. The van der Waals surface area contributed by atoms with Gasteiger partial charge >= 0.3 is 0 Å². The van der Waals surface area contributed by atoms with Crippen LogP contribution in [0.25, 0.3) is 0 Å². The SMILES string of the molecule is COc1ccc(C(=O)NC2CCCCC2)cc1S(=O)(=O)Nc1cccnc1. The lowest BCUT2D eigenvalue weighted by molar-refractivity contribution is 0.0927. The summed E-state index contributed by atoms with van der Waals surface area (Å²) < 4.78 is 33.2. The van der Waals surface area contributed by atoms with Crippen molar-refractivity contribution in [3.8, 4) is 5.75 Å². The lowest BCUT2D eigenvalue weighted by Crippen LogP contribution is -2.36. The fourth-order valence-electron chi connectivity index (χ4n) is 3.18. The zero-order valence-electron chi connectivity index (χ0n) is 15.1. The predicted molar refractivity (Wildman–Crippen MR) is 102 cm³/mol. The van der Waals surface area contributed by atoms with Crippen molar-refractivity contribution in [2.75, 3.05) is 11.8 Å². The molecule has 1 aliphatic carbocycles. The van der Waals surface area contributed by atoms with Crippen molar-refractivity contribution in [1.29, 1.82) is 0 Å². The van der Waals surface area contributed by atoms with Gasteiger partial charge in [-0.15, -0.1) is 0 Å². The Kier molecular flexibility index (Phi) is 5.95. The van der Waals surface area contributed by atoms with Gasteiger partial charge in [-0.05, 0) is 43.2 Å². The molecule has 1 fully saturated rings. The van der Waals surface area contributed by atoms with Crippen LogP contribution in [0, 0.1) is 0 Å². The molecule has 0 spiro atoms. The molecular weight excluding hydrogens is 366 g/mol. The van der Waals surface area contributed by atoms with Crippen LogP contribution in [0.5, 0.6) is 5.75 Å². The second-order valence-corrected chi connectivity index (χ2v) is 8.17. The van der Waals surface area contributed by atoms with Gasteiger partial charge < -0.3 is 10.1 Å². The van der Waals surface area contributed by atoms with E-state index in [0.717, 1.165) is 25.7 Å². The van der Waals surface area contributed by atoms with Gasteiger partial charge in [0.15, 0.2) is 0 Å². The van der Waals surface area contributed by atoms with Crippen LogP contribution >= 0.6 is 0 Å². The fourth-order valence-corrected chi connectivity index (χ4v) is 4.42. The van der Waals surface area contributed by atoms with Gasteiger partial charge in [0.05, 0.1) is 19.0 Å². The topological polar surface area (TPSA) is 97.4 Å². The van der Waals surface area contributed by atoms with Gasteiger partial charge in [0.25, 0.3) is 15.9 Å². The van der Waals surface area contributed by atoms with Crippen LogP contribution in [0.4, 0.5) is 5.69 Å². The van der Waals surface area contributed by atoms with Crippen LogP contribution in [0.1, 0.15) is 42.5 Å². The normalized spacial score (nSPS) is 15.1. The first kappa shape index (κ1) is 19.2. The maximum atomic E-state index is 12.8. The van der Waals surface area contributed by atoms with E-state index in [-0.39, 0.29) is 28.2 Å². The predicted octanol–water partition coefficient (Wildman–Crippen LogP) is 2.95. The second kappa shape index (κ2) is 8.39. The Morgan fingerprint density at radius 3 is 2.63 bits per heavy atom. The molecule has 8 heteroatoms. The number of carbonyl (C=O) groups excluding carboxylic acids is 1. The molecule has 0 radical (unpaired) electrons. The van der Waals surface area contributed by atoms with Crippen LogP contribution in [-0.4, -0.2) is 32.5 Å². The molecule has 0 aliphatic heterocycles. The smallest absolute Gasteiger partial charge is 0.265 e. The summed E-state index contributed by atoms with van der Waals surface area (Å²) in [7, 11) is -2.55. The number of carbonyl (C=O) groups is 1. The van der Waals surface area contributed by atoms with Crippen LogP contribution in [0.2, 0.25) is 0 Å². The average Bonchev–Trinajstić information content (AvgIpc) is 2.68. The number of rotatable bonds is 6. The second-order valence-electron chi connectivity index (χ2n) is 6.52. The first-order valence-corrected chi connectivity index (χ1v) is 10.4. The number of aromatic nitrogens is 1. The van der Waals surface area contributed by atoms with E-state index >= 15 is 0 Å². The van der Waals surface area contributed by atoms with Crippen molar-refractivity contribution in [1.82, 2.24) is 10.3 Å². The Morgan fingerprint density at radius 1 is 1.19 bits per heavy atom. The van der Waals surface area contributed by atoms with E-state index in [1.165, 1.54) is 31.9 Å². The highest BCUT2D eigenvalue weighted by molar-refractivity contribution is 7.92. The number of anilines is 1. The van der Waals surface area contributed by atoms with E-state index in [1.54, 1.807) is 24.4 Å². The largest absolute Gasteiger partial charge is 0.495 e. The van der Waals surface area contributed by atoms with Gasteiger partial charge in [-0.25, -0.2) is 8.42 Å². The number of amides is 1. The number of hydrogen-bond acceptors (Lipinski definition) is 5. The molecule has 0 unspecified atom stereocenters. The zero-order chi connectivity index (χ0) is 19.3. The highest BCUT2D eigenvalue weighted by Crippen LogP contribution is 2.27. The maximum Gasteiger partial charge on any atom is 0.265 e. The molecule has 1 saturated carbocycles. The minimum absolute atomic E-state index is 0.0925. The highest BCUT2D eigenvalue weighted by atomic mass is 32.2. The summed E-state index contributed by atoms with van der Waals surface area (Å²) in [4.78, 5) is 16.4. The Morgan fingerprint density at radius 2 is 1.96 bits per heavy atom. The Labute approximate surface area is 159 Å². The van der Waals surface area contributed by atoms with Gasteiger partial charge in [-0.1, -0.05) is 19.3 Å². The molecule has 3 rings (SSSR count). The summed E-state index contributed by atoms with van der Waals surface area (Å²) in [6, 6.07) is 7.77. The van der Waals surface area contributed by atoms with Crippen LogP contribution in [0.3, 0.4) is 0 Å². The van der Waals surface area contributed by atoms with Gasteiger partial charge in [-0.2, -0.15) is 0 Å². The monoisotopic (exact) mass is 389 g/mol. The molecular formula is C19H23N3O4S. The molecule has 2 aromatic rings. The minimum atomic E-state index is -3.94. The molecule has 27 heavy (non-hydrogen) atoms. The Bertz CT molecular complexity index is 894. The fraction of sp³-hybridized carbons (Fsp3) is 0.368. The Balaban J connectivity index is 1.85. The van der Waals surface area contributed by atoms with Crippen LogP contribution in [-0.2, 0) is 10.0 Å². The summed E-state index contributed by atoms with van der Waals surface area (Å²) in [6.45, 7) is 0. The number of hydrogen-bond donors (Lipinski definition) is 2. The summed E-state index contributed by atoms with van der Waals surface area (Å²) in [6.07, 6.45) is 8.26. The van der Waals surface area contributed by atoms with Crippen molar-refractivity contribution in [2.24, 2.45) is 0 Å². The maximum absolute atomic E-state index is 12.8. The molecule has 0 atom stereocenters. The van der Waals surface area contributed by atoms with E-state index < -0.39 is 10.0 Å². The van der Waals surface area contributed by atoms with E-state index in [1.807, 2.05) is 0 Å². The van der Waals surface area contributed by atoms with Crippen LogP contribution in [0.15, 0.2) is 47.6 Å². The minimum Gasteiger partial charge on any atom is -0.495 e. The quantitative estimate of drug-likeness (QED) is 0.792. The number of sulfonamides is 1. The molecule has 7 nitrogen and oxygen atoms in total. The van der Waals surface area contributed by atoms with Gasteiger partial charge in [0, 0.05) is 17.8 Å². The summed E-state index contributed by atoms with van der Waals surface area (Å²) >= 11 is 0. The molecule has 1 heterocycles.